The van der Waals surface area contributed by atoms with E-state index in [1.54, 1.807) is 24.3 Å². The summed E-state index contributed by atoms with van der Waals surface area (Å²) in [5.74, 6) is -0.558. The summed E-state index contributed by atoms with van der Waals surface area (Å²) in [5.41, 5.74) is 3.10. The third kappa shape index (κ3) is 2.04. The summed E-state index contributed by atoms with van der Waals surface area (Å²) in [5, 5.41) is 0. The van der Waals surface area contributed by atoms with Crippen molar-refractivity contribution in [1.29, 1.82) is 0 Å². The van der Waals surface area contributed by atoms with E-state index in [0.717, 1.165) is 27.4 Å². The molecule has 4 nitrogen and oxygen atoms in total. The molecule has 124 valence electrons. The SMILES string of the molecule is Cc1ccc(S(=O)(=O)N2C(=O)[C@H](C)[C@@H]3Cc4ccccc4[C@@H]32)cc1. The molecule has 2 aromatic carbocycles. The summed E-state index contributed by atoms with van der Waals surface area (Å²) in [4.78, 5) is 12.9. The number of fused-ring (bicyclic) bond motifs is 3. The summed E-state index contributed by atoms with van der Waals surface area (Å²) in [6.45, 7) is 3.75. The predicted octanol–water partition coefficient (Wildman–Crippen LogP) is 3.08. The Hall–Kier alpha value is -2.14. The number of benzene rings is 2. The van der Waals surface area contributed by atoms with Gasteiger partial charge in [-0.15, -0.1) is 0 Å². The average Bonchev–Trinajstić information content (AvgIpc) is 3.04. The Morgan fingerprint density at radius 3 is 2.42 bits per heavy atom. The van der Waals surface area contributed by atoms with Crippen molar-refractivity contribution in [2.75, 3.05) is 0 Å². The topological polar surface area (TPSA) is 54.5 Å². The maximum atomic E-state index is 13.2. The second-order valence-corrected chi connectivity index (χ2v) is 8.57. The molecule has 0 N–H and O–H groups in total. The molecule has 1 amide bonds. The normalized spacial score (nSPS) is 25.7. The van der Waals surface area contributed by atoms with Gasteiger partial charge in [0, 0.05) is 11.8 Å². The van der Waals surface area contributed by atoms with Crippen LogP contribution >= 0.6 is 0 Å². The molecule has 2 aromatic rings. The number of nitrogens with zero attached hydrogens (tertiary/aromatic N) is 1. The van der Waals surface area contributed by atoms with Gasteiger partial charge in [-0.2, -0.15) is 0 Å². The Morgan fingerprint density at radius 2 is 1.71 bits per heavy atom. The van der Waals surface area contributed by atoms with E-state index >= 15 is 0 Å². The van der Waals surface area contributed by atoms with Crippen LogP contribution < -0.4 is 0 Å². The predicted molar refractivity (Wildman–Crippen MR) is 90.8 cm³/mol. The highest BCUT2D eigenvalue weighted by Gasteiger charge is 2.54. The Balaban J connectivity index is 1.85. The van der Waals surface area contributed by atoms with Gasteiger partial charge in [0.15, 0.2) is 0 Å². The van der Waals surface area contributed by atoms with Gasteiger partial charge in [-0.25, -0.2) is 12.7 Å². The van der Waals surface area contributed by atoms with Crippen LogP contribution in [0.15, 0.2) is 53.4 Å². The third-order valence-electron chi connectivity index (χ3n) is 5.31. The van der Waals surface area contributed by atoms with Gasteiger partial charge in [0.1, 0.15) is 0 Å². The smallest absolute Gasteiger partial charge is 0.267 e. The first-order valence-corrected chi connectivity index (χ1v) is 9.58. The van der Waals surface area contributed by atoms with Crippen LogP contribution in [0.1, 0.15) is 29.7 Å². The van der Waals surface area contributed by atoms with E-state index in [0.29, 0.717) is 0 Å². The Labute approximate surface area is 142 Å². The fraction of sp³-hybridized carbons (Fsp3) is 0.316. The van der Waals surface area contributed by atoms with Crippen molar-refractivity contribution in [1.82, 2.24) is 4.31 Å². The standard InChI is InChI=1S/C19H19NO3S/c1-12-7-9-15(10-8-12)24(22,23)20-18-16-6-4-3-5-14(16)11-17(18)13(2)19(20)21/h3-10,13,17-18H,11H2,1-2H3/t13-,17+,18+/m1/s1. The molecule has 0 saturated carbocycles. The highest BCUT2D eigenvalue weighted by atomic mass is 32.2. The second-order valence-electron chi connectivity index (χ2n) is 6.75. The monoisotopic (exact) mass is 341 g/mol. The summed E-state index contributed by atoms with van der Waals surface area (Å²) in [6, 6.07) is 14.2. The van der Waals surface area contributed by atoms with Crippen LogP contribution in [-0.4, -0.2) is 18.6 Å². The number of hydrogen-bond acceptors (Lipinski definition) is 3. The van der Waals surface area contributed by atoms with Crippen LogP contribution in [0.25, 0.3) is 0 Å². The minimum atomic E-state index is -3.85. The van der Waals surface area contributed by atoms with E-state index in [2.05, 4.69) is 0 Å². The number of sulfonamides is 1. The van der Waals surface area contributed by atoms with Crippen molar-refractivity contribution >= 4 is 15.9 Å². The fourth-order valence-corrected chi connectivity index (χ4v) is 5.65. The van der Waals surface area contributed by atoms with Crippen molar-refractivity contribution in [2.24, 2.45) is 11.8 Å². The van der Waals surface area contributed by atoms with E-state index in [-0.39, 0.29) is 28.7 Å². The van der Waals surface area contributed by atoms with Crippen LogP contribution in [0.3, 0.4) is 0 Å². The molecule has 0 spiro atoms. The Bertz CT molecular complexity index is 918. The van der Waals surface area contributed by atoms with E-state index in [9.17, 15) is 13.2 Å². The third-order valence-corrected chi connectivity index (χ3v) is 7.11. The zero-order valence-corrected chi connectivity index (χ0v) is 14.5. The lowest BCUT2D eigenvalue weighted by atomic mass is 9.92. The van der Waals surface area contributed by atoms with Crippen molar-refractivity contribution in [3.63, 3.8) is 0 Å². The van der Waals surface area contributed by atoms with Crippen LogP contribution in [0.4, 0.5) is 0 Å². The maximum Gasteiger partial charge on any atom is 0.267 e. The van der Waals surface area contributed by atoms with Gasteiger partial charge in [0.25, 0.3) is 10.0 Å². The van der Waals surface area contributed by atoms with E-state index in [1.807, 2.05) is 38.1 Å². The molecule has 1 heterocycles. The van der Waals surface area contributed by atoms with Gasteiger partial charge in [0.05, 0.1) is 10.9 Å². The van der Waals surface area contributed by atoms with E-state index in [4.69, 9.17) is 0 Å². The molecule has 3 atom stereocenters. The first-order chi connectivity index (χ1) is 11.4. The minimum Gasteiger partial charge on any atom is -0.273 e. The molecule has 1 aliphatic carbocycles. The molecule has 1 aliphatic heterocycles. The van der Waals surface area contributed by atoms with Gasteiger partial charge in [-0.3, -0.25) is 4.79 Å². The van der Waals surface area contributed by atoms with E-state index in [1.165, 1.54) is 0 Å². The molecule has 0 unspecified atom stereocenters. The lowest BCUT2D eigenvalue weighted by molar-refractivity contribution is -0.127. The van der Waals surface area contributed by atoms with E-state index < -0.39 is 10.0 Å². The summed E-state index contributed by atoms with van der Waals surface area (Å²) in [6.07, 6.45) is 0.758. The zero-order valence-electron chi connectivity index (χ0n) is 13.6. The van der Waals surface area contributed by atoms with Gasteiger partial charge in [-0.1, -0.05) is 48.9 Å². The van der Waals surface area contributed by atoms with Crippen LogP contribution in [0.5, 0.6) is 0 Å². The van der Waals surface area contributed by atoms with Gasteiger partial charge in [-0.05, 0) is 36.6 Å². The molecule has 0 radical (unpaired) electrons. The minimum absolute atomic E-state index is 0.0233. The van der Waals surface area contributed by atoms with Crippen molar-refractivity contribution in [3.05, 3.63) is 65.2 Å². The fourth-order valence-electron chi connectivity index (χ4n) is 3.97. The van der Waals surface area contributed by atoms with Crippen molar-refractivity contribution in [3.8, 4) is 0 Å². The number of carbonyl (C=O) groups excluding carboxylic acids is 1. The van der Waals surface area contributed by atoms with Gasteiger partial charge < -0.3 is 0 Å². The molecule has 5 heteroatoms. The van der Waals surface area contributed by atoms with Crippen LogP contribution in [0, 0.1) is 18.8 Å². The molecule has 2 aliphatic rings. The number of rotatable bonds is 2. The number of amides is 1. The van der Waals surface area contributed by atoms with Gasteiger partial charge >= 0.3 is 0 Å². The maximum absolute atomic E-state index is 13.2. The summed E-state index contributed by atoms with van der Waals surface area (Å²) < 4.78 is 27.5. The summed E-state index contributed by atoms with van der Waals surface area (Å²) >= 11 is 0. The molecule has 1 fully saturated rings. The lowest BCUT2D eigenvalue weighted by Gasteiger charge is -2.24. The molecule has 0 bridgehead atoms. The lowest BCUT2D eigenvalue weighted by Crippen LogP contribution is -2.35. The molecule has 1 saturated heterocycles. The first kappa shape index (κ1) is 15.4. The van der Waals surface area contributed by atoms with Gasteiger partial charge in [0.2, 0.25) is 5.91 Å². The molecular formula is C19H19NO3S. The average molecular weight is 341 g/mol. The summed E-state index contributed by atoms with van der Waals surface area (Å²) in [7, 11) is -3.85. The Morgan fingerprint density at radius 1 is 1.04 bits per heavy atom. The molecular weight excluding hydrogens is 322 g/mol. The van der Waals surface area contributed by atoms with Crippen LogP contribution in [0.2, 0.25) is 0 Å². The molecule has 0 aromatic heterocycles. The highest BCUT2D eigenvalue weighted by molar-refractivity contribution is 7.89. The quantitative estimate of drug-likeness (QED) is 0.843. The highest BCUT2D eigenvalue weighted by Crippen LogP contribution is 2.51. The number of hydrogen-bond donors (Lipinski definition) is 0. The Kier molecular flexibility index (Phi) is 3.32. The number of carbonyl (C=O) groups is 1. The largest absolute Gasteiger partial charge is 0.273 e. The zero-order chi connectivity index (χ0) is 17.1. The van der Waals surface area contributed by atoms with Crippen LogP contribution in [-0.2, 0) is 21.2 Å². The van der Waals surface area contributed by atoms with Crippen molar-refractivity contribution in [2.45, 2.75) is 31.2 Å². The first-order valence-electron chi connectivity index (χ1n) is 8.14. The number of aryl methyl sites for hydroxylation is 1. The molecule has 4 rings (SSSR count). The van der Waals surface area contributed by atoms with Crippen molar-refractivity contribution < 1.29 is 13.2 Å². The second kappa shape index (κ2) is 5.18. The molecule has 24 heavy (non-hydrogen) atoms.